The molecule has 424 valence electrons. The summed E-state index contributed by atoms with van der Waals surface area (Å²) in [6.45, 7) is 72.8. The highest BCUT2D eigenvalue weighted by molar-refractivity contribution is 5.05. The Labute approximate surface area is 448 Å². The molecule has 0 bridgehead atoms. The topological polar surface area (TPSA) is 22.7 Å². The summed E-state index contributed by atoms with van der Waals surface area (Å²) in [4.78, 5) is 18.0. The molecule has 1 aliphatic carbocycles. The Morgan fingerprint density at radius 3 is 1.01 bits per heavy atom. The lowest BCUT2D eigenvalue weighted by Crippen LogP contribution is -2.64. The van der Waals surface area contributed by atoms with Crippen molar-refractivity contribution in [2.75, 3.05) is 92.1 Å². The molecular weight excluding hydrogens is 867 g/mol. The molecule has 6 saturated heterocycles. The van der Waals surface area contributed by atoms with Crippen molar-refractivity contribution in [1.29, 1.82) is 0 Å². The fourth-order valence-electron chi connectivity index (χ4n) is 12.5. The van der Waals surface area contributed by atoms with Crippen molar-refractivity contribution in [3.8, 4) is 0 Å². The Kier molecular flexibility index (Phi) is 30.5. The SMILES string of the molecule is CC(C)C1CC2(C1)CN(C(C)C)C2.CC(C)C1CCCN(C(C)C)C1.CC(C)C1CCN(C(C)C)C1.CC(C)C1CCN(C(C)C)CC1.CC(C)C1CN(C(C)C)C1.CC(C)C1CN(C(C)C)CCN1C. The molecule has 1 spiro atoms. The fourth-order valence-corrected chi connectivity index (χ4v) is 12.5. The van der Waals surface area contributed by atoms with Gasteiger partial charge in [-0.25, -0.2) is 0 Å². The number of hydrogen-bond acceptors (Lipinski definition) is 7. The van der Waals surface area contributed by atoms with Crippen molar-refractivity contribution in [3.63, 3.8) is 0 Å². The van der Waals surface area contributed by atoms with Gasteiger partial charge in [-0.1, -0.05) is 83.1 Å². The minimum atomic E-state index is 0.704. The third kappa shape index (κ3) is 23.1. The quantitative estimate of drug-likeness (QED) is 0.192. The molecule has 7 heteroatoms. The molecule has 1 saturated carbocycles. The zero-order valence-electron chi connectivity index (χ0n) is 53.2. The van der Waals surface area contributed by atoms with Crippen molar-refractivity contribution in [1.82, 2.24) is 34.3 Å². The van der Waals surface area contributed by atoms with Crippen LogP contribution in [-0.2, 0) is 0 Å². The summed E-state index contributed by atoms with van der Waals surface area (Å²) in [6.07, 6.45) is 10.1. The standard InChI is InChI=1S/C12H23N.C11H24N2.2C11H23N.C10H21N.C9H19N/c1-9(2)11-5-12(6-11)7-13(8-12)10(3)4;1-9(2)11-8-13(10(3)4)7-6-12(11)5;1-9(2)11-5-7-12(8-6-11)10(3)4;1-9(2)11-6-5-7-12(8-11)10(3)4;1-8(2)10-5-6-11(7-10)9(3)4;1-7(2)9-5-10(6-9)8(3)4/h9-11H,5-8H2,1-4H3;9-11H,6-8H2,1-5H3;2*9-11H,5-8H2,1-4H3;8-10H,5-7H2,1-4H3;7-9H,5-6H2,1-4H3. The first-order valence-electron chi connectivity index (χ1n) is 31.1. The van der Waals surface area contributed by atoms with E-state index in [1.807, 2.05) is 0 Å². The molecule has 0 aromatic rings. The van der Waals surface area contributed by atoms with Crippen LogP contribution in [0.3, 0.4) is 0 Å². The van der Waals surface area contributed by atoms with Crippen LogP contribution in [0.2, 0.25) is 0 Å². The average molecular weight is 1000 g/mol. The maximum absolute atomic E-state index is 2.62. The van der Waals surface area contributed by atoms with Gasteiger partial charge in [0.05, 0.1) is 0 Å². The van der Waals surface area contributed by atoms with E-state index in [0.29, 0.717) is 6.04 Å². The average Bonchev–Trinajstić information content (AvgIpc) is 3.75. The Morgan fingerprint density at radius 1 is 0.296 bits per heavy atom. The van der Waals surface area contributed by atoms with Crippen LogP contribution in [0, 0.1) is 70.5 Å². The number of rotatable bonds is 12. The number of piperazine rings is 1. The predicted octanol–water partition coefficient (Wildman–Crippen LogP) is 14.3. The van der Waals surface area contributed by atoms with E-state index in [-0.39, 0.29) is 0 Å². The van der Waals surface area contributed by atoms with Gasteiger partial charge in [0.1, 0.15) is 0 Å². The van der Waals surface area contributed by atoms with E-state index in [4.69, 9.17) is 0 Å². The van der Waals surface area contributed by atoms with Gasteiger partial charge in [-0.15, -0.1) is 0 Å². The lowest BCUT2D eigenvalue weighted by molar-refractivity contribution is -0.117. The molecule has 3 atom stereocenters. The molecule has 3 unspecified atom stereocenters. The third-order valence-corrected chi connectivity index (χ3v) is 19.3. The second-order valence-electron chi connectivity index (χ2n) is 28.7. The first-order valence-corrected chi connectivity index (χ1v) is 31.1. The molecule has 7 aliphatic rings. The lowest BCUT2D eigenvalue weighted by atomic mass is 9.55. The highest BCUT2D eigenvalue weighted by Crippen LogP contribution is 2.54. The van der Waals surface area contributed by atoms with E-state index >= 15 is 0 Å². The number of likely N-dealkylation sites (tertiary alicyclic amines) is 5. The Hall–Kier alpha value is -0.280. The second-order valence-corrected chi connectivity index (χ2v) is 28.7. The summed E-state index contributed by atoms with van der Waals surface area (Å²) in [5.74, 6) is 10.1. The predicted molar refractivity (Wildman–Crippen MR) is 318 cm³/mol. The van der Waals surface area contributed by atoms with Crippen LogP contribution in [0.25, 0.3) is 0 Å². The van der Waals surface area contributed by atoms with Crippen LogP contribution >= 0.6 is 0 Å². The Bertz CT molecular complexity index is 1240. The lowest BCUT2D eigenvalue weighted by Gasteiger charge is -2.61. The van der Waals surface area contributed by atoms with Crippen molar-refractivity contribution in [2.45, 2.75) is 253 Å². The monoisotopic (exact) mass is 1000 g/mol. The van der Waals surface area contributed by atoms with Gasteiger partial charge in [0.25, 0.3) is 0 Å². The maximum Gasteiger partial charge on any atom is 0.0243 e. The fraction of sp³-hybridized carbons (Fsp3) is 1.00. The van der Waals surface area contributed by atoms with Crippen LogP contribution in [0.5, 0.6) is 0 Å². The largest absolute Gasteiger partial charge is 0.301 e. The molecule has 7 fully saturated rings. The summed E-state index contributed by atoms with van der Waals surface area (Å²) in [5.41, 5.74) is 0.777. The van der Waals surface area contributed by atoms with Crippen molar-refractivity contribution in [2.24, 2.45) is 70.5 Å². The molecule has 0 N–H and O–H groups in total. The molecule has 7 rings (SSSR count). The molecule has 0 amide bonds. The van der Waals surface area contributed by atoms with E-state index in [9.17, 15) is 0 Å². The molecule has 0 aromatic carbocycles. The molecule has 0 radical (unpaired) electrons. The zero-order chi connectivity index (χ0) is 54.1. The number of nitrogens with zero attached hydrogens (tertiary/aromatic N) is 7. The Balaban J connectivity index is 0.000000293. The normalized spacial score (nSPS) is 25.9. The number of likely N-dealkylation sites (N-methyl/N-ethyl adjacent to an activating group) is 1. The minimum Gasteiger partial charge on any atom is -0.301 e. The van der Waals surface area contributed by atoms with Crippen molar-refractivity contribution in [3.05, 3.63) is 0 Å². The van der Waals surface area contributed by atoms with Gasteiger partial charge in [0.15, 0.2) is 0 Å². The third-order valence-electron chi connectivity index (χ3n) is 19.3. The summed E-state index contributed by atoms with van der Waals surface area (Å²) in [7, 11) is 2.25. The minimum absolute atomic E-state index is 0.704. The van der Waals surface area contributed by atoms with E-state index in [1.165, 1.54) is 130 Å². The first-order chi connectivity index (χ1) is 33.0. The van der Waals surface area contributed by atoms with Gasteiger partial charge in [0.2, 0.25) is 0 Å². The Morgan fingerprint density at radius 2 is 0.648 bits per heavy atom. The highest BCUT2D eigenvalue weighted by atomic mass is 15.3. The zero-order valence-corrected chi connectivity index (χ0v) is 53.2. The summed E-state index contributed by atoms with van der Waals surface area (Å²) < 4.78 is 0. The first kappa shape index (κ1) is 66.8. The van der Waals surface area contributed by atoms with E-state index in [1.54, 1.807) is 0 Å². The van der Waals surface area contributed by atoms with Gasteiger partial charge < -0.3 is 24.5 Å². The van der Waals surface area contributed by atoms with Gasteiger partial charge in [-0.3, -0.25) is 9.80 Å². The molecule has 71 heavy (non-hydrogen) atoms. The van der Waals surface area contributed by atoms with Gasteiger partial charge in [0, 0.05) is 101 Å². The van der Waals surface area contributed by atoms with E-state index < -0.39 is 0 Å². The number of hydrogen-bond donors (Lipinski definition) is 0. The van der Waals surface area contributed by atoms with Gasteiger partial charge in [-0.2, -0.15) is 0 Å². The van der Waals surface area contributed by atoms with E-state index in [2.05, 4.69) is 208 Å². The van der Waals surface area contributed by atoms with Crippen LogP contribution in [0.4, 0.5) is 0 Å². The maximum atomic E-state index is 2.62. The molecule has 7 nitrogen and oxygen atoms in total. The van der Waals surface area contributed by atoms with E-state index in [0.717, 1.165) is 107 Å². The van der Waals surface area contributed by atoms with Crippen LogP contribution < -0.4 is 0 Å². The molecule has 6 heterocycles. The second kappa shape index (κ2) is 32.5. The molecule has 6 aliphatic heterocycles. The van der Waals surface area contributed by atoms with Gasteiger partial charge >= 0.3 is 0 Å². The van der Waals surface area contributed by atoms with Crippen molar-refractivity contribution < 1.29 is 0 Å². The van der Waals surface area contributed by atoms with Crippen LogP contribution in [-0.4, -0.2) is 169 Å². The van der Waals surface area contributed by atoms with Crippen LogP contribution in [0.1, 0.15) is 211 Å². The summed E-state index contributed by atoms with van der Waals surface area (Å²) >= 11 is 0. The van der Waals surface area contributed by atoms with Gasteiger partial charge in [-0.05, 0) is 232 Å². The molecule has 0 aromatic heterocycles. The highest BCUT2D eigenvalue weighted by Gasteiger charge is 2.53. The van der Waals surface area contributed by atoms with Crippen molar-refractivity contribution >= 4 is 0 Å². The molecular formula is C64H133N7. The number of piperidine rings is 2. The van der Waals surface area contributed by atoms with Crippen LogP contribution in [0.15, 0.2) is 0 Å². The summed E-state index contributed by atoms with van der Waals surface area (Å²) in [5, 5.41) is 0. The smallest absolute Gasteiger partial charge is 0.0243 e. The summed E-state index contributed by atoms with van der Waals surface area (Å²) in [6, 6.07) is 5.22.